The molecule has 0 fully saturated rings. The van der Waals surface area contributed by atoms with E-state index in [1.54, 1.807) is 6.92 Å². The third-order valence-electron chi connectivity index (χ3n) is 4.80. The van der Waals surface area contributed by atoms with E-state index < -0.39 is 11.2 Å². The van der Waals surface area contributed by atoms with Crippen molar-refractivity contribution in [3.05, 3.63) is 70.6 Å². The molecule has 166 valence electrons. The number of thioether (sulfide) groups is 1. The molecule has 0 saturated heterocycles. The molecule has 0 aliphatic rings. The van der Waals surface area contributed by atoms with Gasteiger partial charge in [0.25, 0.3) is 5.91 Å². The third kappa shape index (κ3) is 5.77. The van der Waals surface area contributed by atoms with Crippen LogP contribution in [0.1, 0.15) is 27.7 Å². The lowest BCUT2D eigenvalue weighted by molar-refractivity contribution is -0.115. The van der Waals surface area contributed by atoms with Gasteiger partial charge < -0.3 is 16.4 Å². The molecule has 1 atom stereocenters. The number of carbonyl (C=O) groups excluding carboxylic acids is 3. The summed E-state index contributed by atoms with van der Waals surface area (Å²) in [6, 6.07) is 17.0. The zero-order valence-electron chi connectivity index (χ0n) is 18.1. The molecule has 0 radical (unpaired) electrons. The molecule has 32 heavy (non-hydrogen) atoms. The average Bonchev–Trinajstić information content (AvgIpc) is 3.10. The Bertz CT molecular complexity index is 1130. The number of primary amides is 1. The van der Waals surface area contributed by atoms with E-state index in [1.807, 2.05) is 68.4 Å². The van der Waals surface area contributed by atoms with Gasteiger partial charge in [-0.15, -0.1) is 23.1 Å². The normalized spacial score (nSPS) is 11.6. The highest BCUT2D eigenvalue weighted by molar-refractivity contribution is 8.01. The van der Waals surface area contributed by atoms with Gasteiger partial charge in [0.2, 0.25) is 11.8 Å². The summed E-state index contributed by atoms with van der Waals surface area (Å²) in [5.41, 5.74) is 9.39. The van der Waals surface area contributed by atoms with Crippen LogP contribution in [0.5, 0.6) is 0 Å². The molecule has 4 N–H and O–H groups in total. The summed E-state index contributed by atoms with van der Waals surface area (Å²) in [6.07, 6.45) is 0. The highest BCUT2D eigenvalue weighted by Gasteiger charge is 2.24. The lowest BCUT2D eigenvalue weighted by Crippen LogP contribution is -2.26. The van der Waals surface area contributed by atoms with Crippen molar-refractivity contribution in [1.29, 1.82) is 0 Å². The van der Waals surface area contributed by atoms with E-state index in [9.17, 15) is 14.4 Å². The molecule has 1 unspecified atom stereocenters. The van der Waals surface area contributed by atoms with E-state index in [0.29, 0.717) is 16.3 Å². The molecule has 0 aliphatic carbocycles. The number of carbonyl (C=O) groups is 3. The maximum atomic E-state index is 12.7. The fourth-order valence-corrected chi connectivity index (χ4v) is 4.91. The van der Waals surface area contributed by atoms with Crippen LogP contribution in [0.25, 0.3) is 11.1 Å². The summed E-state index contributed by atoms with van der Waals surface area (Å²) in [5, 5.41) is 5.57. The van der Waals surface area contributed by atoms with Crippen molar-refractivity contribution in [2.45, 2.75) is 26.0 Å². The number of rotatable bonds is 8. The molecule has 1 aromatic heterocycles. The van der Waals surface area contributed by atoms with E-state index in [1.165, 1.54) is 23.1 Å². The second-order valence-corrected chi connectivity index (χ2v) is 9.88. The van der Waals surface area contributed by atoms with Crippen molar-refractivity contribution in [1.82, 2.24) is 0 Å². The summed E-state index contributed by atoms with van der Waals surface area (Å²) in [6.45, 7) is 5.59. The van der Waals surface area contributed by atoms with Gasteiger partial charge in [-0.2, -0.15) is 0 Å². The first-order chi connectivity index (χ1) is 15.3. The highest BCUT2D eigenvalue weighted by Crippen LogP contribution is 2.39. The molecule has 8 heteroatoms. The van der Waals surface area contributed by atoms with Gasteiger partial charge in [0.15, 0.2) is 0 Å². The minimum Gasteiger partial charge on any atom is -0.365 e. The summed E-state index contributed by atoms with van der Waals surface area (Å²) in [5.74, 6) is -0.943. The second kappa shape index (κ2) is 10.5. The van der Waals surface area contributed by atoms with Gasteiger partial charge in [0.1, 0.15) is 5.00 Å². The van der Waals surface area contributed by atoms with E-state index in [4.69, 9.17) is 5.73 Å². The minimum absolute atomic E-state index is 0.129. The molecule has 2 aromatic carbocycles. The Labute approximate surface area is 195 Å². The number of thiophene rings is 1. The number of nitrogens with one attached hydrogen (secondary N) is 2. The Hall–Kier alpha value is -3.10. The fourth-order valence-electron chi connectivity index (χ4n) is 3.14. The number of amides is 3. The summed E-state index contributed by atoms with van der Waals surface area (Å²) >= 11 is 2.54. The van der Waals surface area contributed by atoms with Crippen LogP contribution >= 0.6 is 23.1 Å². The van der Waals surface area contributed by atoms with Crippen LogP contribution in [-0.2, 0) is 9.59 Å². The first-order valence-electron chi connectivity index (χ1n) is 10.0. The molecule has 0 spiro atoms. The van der Waals surface area contributed by atoms with Crippen molar-refractivity contribution < 1.29 is 14.4 Å². The predicted molar refractivity (Wildman–Crippen MR) is 133 cm³/mol. The predicted octanol–water partition coefficient (Wildman–Crippen LogP) is 4.83. The van der Waals surface area contributed by atoms with Gasteiger partial charge in [-0.25, -0.2) is 0 Å². The Morgan fingerprint density at radius 2 is 1.66 bits per heavy atom. The van der Waals surface area contributed by atoms with E-state index >= 15 is 0 Å². The number of hydrogen-bond acceptors (Lipinski definition) is 5. The number of aryl methyl sites for hydroxylation is 2. The van der Waals surface area contributed by atoms with Crippen LogP contribution in [0.2, 0.25) is 0 Å². The lowest BCUT2D eigenvalue weighted by Gasteiger charge is -2.12. The van der Waals surface area contributed by atoms with Gasteiger partial charge >= 0.3 is 0 Å². The van der Waals surface area contributed by atoms with Crippen LogP contribution in [0, 0.1) is 13.8 Å². The minimum atomic E-state index is -0.596. The van der Waals surface area contributed by atoms with Crippen molar-refractivity contribution in [2.75, 3.05) is 16.4 Å². The topological polar surface area (TPSA) is 101 Å². The summed E-state index contributed by atoms with van der Waals surface area (Å²) < 4.78 is 0. The quantitative estimate of drug-likeness (QED) is 0.442. The molecule has 3 rings (SSSR count). The van der Waals surface area contributed by atoms with Gasteiger partial charge in [-0.05, 0) is 38.5 Å². The van der Waals surface area contributed by atoms with Gasteiger partial charge in [-0.3, -0.25) is 14.4 Å². The monoisotopic (exact) mass is 467 g/mol. The van der Waals surface area contributed by atoms with Crippen molar-refractivity contribution in [2.24, 2.45) is 5.73 Å². The maximum Gasteiger partial charge on any atom is 0.252 e. The van der Waals surface area contributed by atoms with Gasteiger partial charge in [0, 0.05) is 16.1 Å². The van der Waals surface area contributed by atoms with E-state index in [-0.39, 0.29) is 17.6 Å². The molecule has 3 amide bonds. The molecule has 0 bridgehead atoms. The lowest BCUT2D eigenvalue weighted by atomic mass is 10.0. The Morgan fingerprint density at radius 3 is 2.28 bits per heavy atom. The summed E-state index contributed by atoms with van der Waals surface area (Å²) in [7, 11) is 0. The average molecular weight is 468 g/mol. The molecular weight excluding hydrogens is 442 g/mol. The number of anilines is 2. The Balaban J connectivity index is 1.65. The first kappa shape index (κ1) is 23.6. The largest absolute Gasteiger partial charge is 0.365 e. The number of nitrogens with two attached hydrogens (primary N) is 1. The second-order valence-electron chi connectivity index (χ2n) is 7.32. The molecular formula is C24H25N3O3S2. The van der Waals surface area contributed by atoms with Crippen molar-refractivity contribution >= 4 is 51.5 Å². The van der Waals surface area contributed by atoms with E-state index in [2.05, 4.69) is 10.6 Å². The van der Waals surface area contributed by atoms with Gasteiger partial charge in [-0.1, -0.05) is 48.0 Å². The van der Waals surface area contributed by atoms with Gasteiger partial charge in [0.05, 0.1) is 16.6 Å². The molecule has 3 aromatic rings. The number of benzene rings is 2. The van der Waals surface area contributed by atoms with Crippen molar-refractivity contribution in [3.63, 3.8) is 0 Å². The van der Waals surface area contributed by atoms with Crippen LogP contribution < -0.4 is 16.4 Å². The van der Waals surface area contributed by atoms with Crippen LogP contribution in [0.4, 0.5) is 10.7 Å². The zero-order valence-corrected chi connectivity index (χ0v) is 19.7. The molecule has 0 aliphatic heterocycles. The fraction of sp³-hybridized carbons (Fsp3) is 0.208. The SMILES string of the molecule is Cc1ccc(NC(=O)CSC(C)C(=O)Nc2sc(C)c(-c3ccccc3)c2C(N)=O)cc1. The van der Waals surface area contributed by atoms with Crippen LogP contribution in [0.3, 0.4) is 0 Å². The highest BCUT2D eigenvalue weighted by atomic mass is 32.2. The smallest absolute Gasteiger partial charge is 0.252 e. The van der Waals surface area contributed by atoms with Crippen LogP contribution in [-0.4, -0.2) is 28.7 Å². The number of hydrogen-bond donors (Lipinski definition) is 3. The summed E-state index contributed by atoms with van der Waals surface area (Å²) in [4.78, 5) is 38.0. The zero-order chi connectivity index (χ0) is 23.3. The van der Waals surface area contributed by atoms with Crippen molar-refractivity contribution in [3.8, 4) is 11.1 Å². The molecule has 1 heterocycles. The molecule has 0 saturated carbocycles. The van der Waals surface area contributed by atoms with Crippen LogP contribution in [0.15, 0.2) is 54.6 Å². The third-order valence-corrected chi connectivity index (χ3v) is 6.96. The standard InChI is InChI=1S/C24H25N3O3S2/c1-14-9-11-18(12-10-14)26-19(28)13-31-16(3)23(30)27-24-21(22(25)29)20(15(2)32-24)17-7-5-4-6-8-17/h4-12,16H,13H2,1-3H3,(H2,25,29)(H,26,28)(H,27,30). The Morgan fingerprint density at radius 1 is 1.00 bits per heavy atom. The maximum absolute atomic E-state index is 12.7. The molecule has 6 nitrogen and oxygen atoms in total. The van der Waals surface area contributed by atoms with E-state index in [0.717, 1.165) is 21.6 Å². The first-order valence-corrected chi connectivity index (χ1v) is 11.9. The Kier molecular flexibility index (Phi) is 7.71.